The van der Waals surface area contributed by atoms with E-state index < -0.39 is 0 Å². The van der Waals surface area contributed by atoms with Crippen LogP contribution in [-0.2, 0) is 0 Å². The van der Waals surface area contributed by atoms with Crippen LogP contribution in [0.15, 0.2) is 41.0 Å². The fourth-order valence-corrected chi connectivity index (χ4v) is 1.63. The molecule has 16 heavy (non-hydrogen) atoms. The first-order valence-corrected chi connectivity index (χ1v) is 5.02. The lowest BCUT2D eigenvalue weighted by Gasteiger charge is -2.05. The number of ether oxygens (including phenoxy) is 1. The van der Waals surface area contributed by atoms with Crippen LogP contribution in [0.4, 0.5) is 0 Å². The Hall–Kier alpha value is -1.74. The van der Waals surface area contributed by atoms with Gasteiger partial charge in [0.2, 0.25) is 11.0 Å². The summed E-state index contributed by atoms with van der Waals surface area (Å²) in [6, 6.07) is 8.51. The molecule has 0 aliphatic carbocycles. The Kier molecular flexibility index (Phi) is 2.97. The van der Waals surface area contributed by atoms with Gasteiger partial charge >= 0.3 is 0 Å². The molecule has 0 saturated carbocycles. The normalized spacial score (nSPS) is 10.1. The molecule has 3 nitrogen and oxygen atoms in total. The molecule has 2 aromatic rings. The van der Waals surface area contributed by atoms with E-state index in [2.05, 4.69) is 0 Å². The quantitative estimate of drug-likeness (QED) is 0.769. The Morgan fingerprint density at radius 2 is 2.00 bits per heavy atom. The van der Waals surface area contributed by atoms with Gasteiger partial charge in [0.1, 0.15) is 5.75 Å². The van der Waals surface area contributed by atoms with Gasteiger partial charge in [-0.15, -0.1) is 0 Å². The lowest BCUT2D eigenvalue weighted by Crippen LogP contribution is -2.02. The molecule has 0 amide bonds. The van der Waals surface area contributed by atoms with E-state index in [0.29, 0.717) is 16.9 Å². The summed E-state index contributed by atoms with van der Waals surface area (Å²) in [7, 11) is 1.52. The van der Waals surface area contributed by atoms with E-state index in [1.807, 2.05) is 0 Å². The van der Waals surface area contributed by atoms with Crippen LogP contribution in [-0.4, -0.2) is 12.9 Å². The van der Waals surface area contributed by atoms with E-state index in [-0.39, 0.29) is 11.0 Å². The summed E-state index contributed by atoms with van der Waals surface area (Å²) in [6.45, 7) is 0. The summed E-state index contributed by atoms with van der Waals surface area (Å²) in [4.78, 5) is 12.1. The third-order valence-corrected chi connectivity index (χ3v) is 2.51. The number of halogens is 1. The molecule has 0 N–H and O–H groups in total. The molecular weight excluding hydrogens is 228 g/mol. The number of carbonyl (C=O) groups excluding carboxylic acids is 1. The Labute approximate surface area is 97.6 Å². The zero-order valence-electron chi connectivity index (χ0n) is 8.57. The Balaban J connectivity index is 2.46. The highest BCUT2D eigenvalue weighted by Gasteiger charge is 2.18. The molecule has 0 unspecified atom stereocenters. The van der Waals surface area contributed by atoms with Crippen LogP contribution < -0.4 is 4.74 Å². The van der Waals surface area contributed by atoms with Crippen molar-refractivity contribution in [2.75, 3.05) is 7.11 Å². The van der Waals surface area contributed by atoms with Gasteiger partial charge in [0.05, 0.1) is 24.5 Å². The molecular formula is C12H9ClO3. The monoisotopic (exact) mass is 236 g/mol. The molecule has 1 aromatic carbocycles. The molecule has 1 heterocycles. The average Bonchev–Trinajstić information content (AvgIpc) is 2.74. The minimum atomic E-state index is -0.212. The van der Waals surface area contributed by atoms with Crippen molar-refractivity contribution in [3.05, 3.63) is 52.9 Å². The number of carbonyl (C=O) groups is 1. The highest BCUT2D eigenvalue weighted by atomic mass is 35.5. The van der Waals surface area contributed by atoms with Gasteiger partial charge in [-0.2, -0.15) is 0 Å². The first-order valence-electron chi connectivity index (χ1n) is 4.64. The second kappa shape index (κ2) is 4.41. The largest absolute Gasteiger partial charge is 0.496 e. The van der Waals surface area contributed by atoms with Gasteiger partial charge in [-0.05, 0) is 29.8 Å². The third-order valence-electron chi connectivity index (χ3n) is 2.21. The zero-order chi connectivity index (χ0) is 11.5. The van der Waals surface area contributed by atoms with Crippen molar-refractivity contribution in [2.45, 2.75) is 0 Å². The fraction of sp³-hybridized carbons (Fsp3) is 0.0833. The smallest absolute Gasteiger partial charge is 0.204 e. The molecule has 2 rings (SSSR count). The minimum absolute atomic E-state index is 0.0934. The number of rotatable bonds is 3. The number of hydrogen-bond donors (Lipinski definition) is 0. The van der Waals surface area contributed by atoms with Crippen LogP contribution in [0.1, 0.15) is 15.9 Å². The molecule has 0 fully saturated rings. The van der Waals surface area contributed by atoms with E-state index in [1.165, 1.54) is 19.4 Å². The van der Waals surface area contributed by atoms with Crippen LogP contribution >= 0.6 is 11.6 Å². The first kappa shape index (κ1) is 10.8. The highest BCUT2D eigenvalue weighted by molar-refractivity contribution is 6.33. The topological polar surface area (TPSA) is 39.4 Å². The van der Waals surface area contributed by atoms with Gasteiger partial charge in [0, 0.05) is 0 Å². The van der Waals surface area contributed by atoms with E-state index in [0.717, 1.165) is 0 Å². The third kappa shape index (κ3) is 1.82. The summed E-state index contributed by atoms with van der Waals surface area (Å²) in [5.41, 5.74) is 0.805. The van der Waals surface area contributed by atoms with Crippen molar-refractivity contribution in [3.8, 4) is 5.75 Å². The van der Waals surface area contributed by atoms with E-state index >= 15 is 0 Å². The number of benzene rings is 1. The molecule has 0 aliphatic rings. The van der Waals surface area contributed by atoms with Crippen molar-refractivity contribution in [1.29, 1.82) is 0 Å². The number of furan rings is 1. The predicted octanol–water partition coefficient (Wildman–Crippen LogP) is 3.17. The molecule has 1 aromatic heterocycles. The molecule has 0 spiro atoms. The Morgan fingerprint density at radius 1 is 1.25 bits per heavy atom. The summed E-state index contributed by atoms with van der Waals surface area (Å²) in [5, 5.41) is 0.0934. The predicted molar refractivity (Wildman–Crippen MR) is 60.1 cm³/mol. The van der Waals surface area contributed by atoms with Crippen LogP contribution in [0.3, 0.4) is 0 Å². The van der Waals surface area contributed by atoms with Crippen molar-refractivity contribution >= 4 is 17.4 Å². The summed E-state index contributed by atoms with van der Waals surface area (Å²) in [5.74, 6) is 0.306. The lowest BCUT2D eigenvalue weighted by atomic mass is 10.1. The van der Waals surface area contributed by atoms with Crippen LogP contribution in [0.2, 0.25) is 5.22 Å². The maximum atomic E-state index is 12.1. The lowest BCUT2D eigenvalue weighted by molar-refractivity contribution is 0.103. The van der Waals surface area contributed by atoms with Gasteiger partial charge in [0.15, 0.2) is 0 Å². The maximum absolute atomic E-state index is 12.1. The van der Waals surface area contributed by atoms with E-state index in [4.69, 9.17) is 20.8 Å². The summed E-state index contributed by atoms with van der Waals surface area (Å²) >= 11 is 5.75. The summed E-state index contributed by atoms with van der Waals surface area (Å²) < 4.78 is 9.99. The zero-order valence-corrected chi connectivity index (χ0v) is 9.32. The first-order chi connectivity index (χ1) is 7.74. The van der Waals surface area contributed by atoms with Gasteiger partial charge in [-0.25, -0.2) is 0 Å². The molecule has 0 aliphatic heterocycles. The number of methoxy groups -OCH3 is 1. The van der Waals surface area contributed by atoms with E-state index in [1.54, 1.807) is 24.3 Å². The molecule has 0 bridgehead atoms. The van der Waals surface area contributed by atoms with Crippen molar-refractivity contribution in [1.82, 2.24) is 0 Å². The molecule has 4 heteroatoms. The Bertz CT molecular complexity index is 516. The molecule has 82 valence electrons. The molecule has 0 atom stereocenters. The van der Waals surface area contributed by atoms with Crippen molar-refractivity contribution in [3.63, 3.8) is 0 Å². The molecule has 0 saturated heterocycles. The van der Waals surface area contributed by atoms with Gasteiger partial charge in [-0.1, -0.05) is 12.1 Å². The second-order valence-corrected chi connectivity index (χ2v) is 3.48. The van der Waals surface area contributed by atoms with Crippen molar-refractivity contribution < 1.29 is 13.9 Å². The van der Waals surface area contributed by atoms with Crippen LogP contribution in [0, 0.1) is 0 Å². The molecule has 0 radical (unpaired) electrons. The SMILES string of the molecule is COc1ccccc1C(=O)c1ccoc1Cl. The maximum Gasteiger partial charge on any atom is 0.204 e. The highest BCUT2D eigenvalue weighted by Crippen LogP contribution is 2.25. The average molecular weight is 237 g/mol. The van der Waals surface area contributed by atoms with Crippen LogP contribution in [0.5, 0.6) is 5.75 Å². The van der Waals surface area contributed by atoms with E-state index in [9.17, 15) is 4.79 Å². The minimum Gasteiger partial charge on any atom is -0.496 e. The fourth-order valence-electron chi connectivity index (χ4n) is 1.43. The van der Waals surface area contributed by atoms with Gasteiger partial charge < -0.3 is 9.15 Å². The number of ketones is 1. The Morgan fingerprint density at radius 3 is 2.62 bits per heavy atom. The van der Waals surface area contributed by atoms with Crippen molar-refractivity contribution in [2.24, 2.45) is 0 Å². The number of para-hydroxylation sites is 1. The second-order valence-electron chi connectivity index (χ2n) is 3.14. The van der Waals surface area contributed by atoms with Gasteiger partial charge in [0.25, 0.3) is 0 Å². The van der Waals surface area contributed by atoms with Gasteiger partial charge in [-0.3, -0.25) is 4.79 Å². The standard InChI is InChI=1S/C12H9ClO3/c1-15-10-5-3-2-4-8(10)11(14)9-6-7-16-12(9)13/h2-7H,1H3. The van der Waals surface area contributed by atoms with Crippen LogP contribution in [0.25, 0.3) is 0 Å². The number of hydrogen-bond acceptors (Lipinski definition) is 3. The summed E-state index contributed by atoms with van der Waals surface area (Å²) in [6.07, 6.45) is 1.38.